The fraction of sp³-hybridized carbons (Fsp3) is 0.500. The van der Waals surface area contributed by atoms with E-state index in [1.165, 1.54) is 0 Å². The number of likely N-dealkylation sites (N-methyl/N-ethyl adjacent to an activating group) is 2. The highest BCUT2D eigenvalue weighted by atomic mass is 79.9. The molecule has 0 aromatic heterocycles. The summed E-state index contributed by atoms with van der Waals surface area (Å²) < 4.78 is 6.34. The lowest BCUT2D eigenvalue weighted by Gasteiger charge is -2.24. The van der Waals surface area contributed by atoms with Crippen LogP contribution in [0.4, 0.5) is 0 Å². The molecule has 0 spiro atoms. The number of rotatable bonds is 6. The van der Waals surface area contributed by atoms with Crippen LogP contribution in [0.5, 0.6) is 5.75 Å². The van der Waals surface area contributed by atoms with Gasteiger partial charge in [-0.05, 0) is 39.1 Å². The first-order valence-electron chi connectivity index (χ1n) is 6.30. The van der Waals surface area contributed by atoms with E-state index >= 15 is 0 Å². The standard InChI is InChI=1S/C14H21BrN2O2/c1-5-16-14(18)10(2)17(3)9-11-8-12(15)6-7-13(11)19-4/h6-8,10H,5,9H2,1-4H3,(H,16,18)/t10-/m1/s1. The third kappa shape index (κ3) is 4.51. The topological polar surface area (TPSA) is 41.6 Å². The largest absolute Gasteiger partial charge is 0.496 e. The highest BCUT2D eigenvalue weighted by molar-refractivity contribution is 9.10. The Labute approximate surface area is 123 Å². The minimum absolute atomic E-state index is 0.0407. The number of benzene rings is 1. The van der Waals surface area contributed by atoms with E-state index < -0.39 is 0 Å². The zero-order chi connectivity index (χ0) is 14.4. The molecule has 1 atom stereocenters. The van der Waals surface area contributed by atoms with Gasteiger partial charge in [-0.3, -0.25) is 9.69 Å². The molecule has 1 aromatic rings. The third-order valence-electron chi connectivity index (χ3n) is 3.05. The predicted molar refractivity (Wildman–Crippen MR) is 80.3 cm³/mol. The van der Waals surface area contributed by atoms with Crippen LogP contribution >= 0.6 is 15.9 Å². The number of halogens is 1. The molecule has 0 fully saturated rings. The molecule has 0 heterocycles. The second-order valence-electron chi connectivity index (χ2n) is 4.44. The van der Waals surface area contributed by atoms with Crippen molar-refractivity contribution < 1.29 is 9.53 Å². The van der Waals surface area contributed by atoms with E-state index in [4.69, 9.17) is 4.74 Å². The summed E-state index contributed by atoms with van der Waals surface area (Å²) in [5, 5.41) is 2.83. The van der Waals surface area contributed by atoms with Gasteiger partial charge in [-0.2, -0.15) is 0 Å². The van der Waals surface area contributed by atoms with Crippen molar-refractivity contribution in [3.05, 3.63) is 28.2 Å². The number of nitrogens with one attached hydrogen (secondary N) is 1. The van der Waals surface area contributed by atoms with Gasteiger partial charge in [0, 0.05) is 23.1 Å². The number of hydrogen-bond acceptors (Lipinski definition) is 3. The van der Waals surface area contributed by atoms with Crippen molar-refractivity contribution >= 4 is 21.8 Å². The summed E-state index contributed by atoms with van der Waals surface area (Å²) in [6.45, 7) is 5.12. The number of methoxy groups -OCH3 is 1. The number of carbonyl (C=O) groups is 1. The number of amides is 1. The summed E-state index contributed by atoms with van der Waals surface area (Å²) in [6.07, 6.45) is 0. The first-order chi connectivity index (χ1) is 8.99. The third-order valence-corrected chi connectivity index (χ3v) is 3.55. The van der Waals surface area contributed by atoms with Gasteiger partial charge in [-0.1, -0.05) is 15.9 Å². The molecule has 0 saturated heterocycles. The van der Waals surface area contributed by atoms with E-state index in [2.05, 4.69) is 21.2 Å². The molecule has 0 aliphatic carbocycles. The van der Waals surface area contributed by atoms with Crippen LogP contribution in [0, 0.1) is 0 Å². The predicted octanol–water partition coefficient (Wildman–Crippen LogP) is 2.41. The molecule has 19 heavy (non-hydrogen) atoms. The molecule has 1 rings (SSSR count). The Hall–Kier alpha value is -1.07. The molecule has 0 aliphatic heterocycles. The molecule has 0 radical (unpaired) electrons. The fourth-order valence-corrected chi connectivity index (χ4v) is 2.21. The average Bonchev–Trinajstić information content (AvgIpc) is 2.38. The molecule has 106 valence electrons. The summed E-state index contributed by atoms with van der Waals surface area (Å²) >= 11 is 3.45. The van der Waals surface area contributed by atoms with Crippen LogP contribution in [0.1, 0.15) is 19.4 Å². The molecule has 0 bridgehead atoms. The van der Waals surface area contributed by atoms with Crippen LogP contribution in [0.3, 0.4) is 0 Å². The Kier molecular flexibility index (Phi) is 6.31. The zero-order valence-electron chi connectivity index (χ0n) is 11.9. The lowest BCUT2D eigenvalue weighted by atomic mass is 10.1. The van der Waals surface area contributed by atoms with Crippen LogP contribution in [-0.4, -0.2) is 37.6 Å². The summed E-state index contributed by atoms with van der Waals surface area (Å²) in [5.74, 6) is 0.872. The van der Waals surface area contributed by atoms with Crippen molar-refractivity contribution in [2.75, 3.05) is 20.7 Å². The van der Waals surface area contributed by atoms with E-state index in [9.17, 15) is 4.79 Å². The van der Waals surface area contributed by atoms with E-state index in [1.807, 2.05) is 44.0 Å². The van der Waals surface area contributed by atoms with Gasteiger partial charge >= 0.3 is 0 Å². The van der Waals surface area contributed by atoms with Gasteiger partial charge in [0.25, 0.3) is 0 Å². The lowest BCUT2D eigenvalue weighted by Crippen LogP contribution is -2.42. The summed E-state index contributed by atoms with van der Waals surface area (Å²) in [5.41, 5.74) is 1.05. The Morgan fingerprint density at radius 3 is 2.79 bits per heavy atom. The van der Waals surface area contributed by atoms with Gasteiger partial charge in [0.05, 0.1) is 13.2 Å². The fourth-order valence-electron chi connectivity index (χ4n) is 1.80. The number of hydrogen-bond donors (Lipinski definition) is 1. The van der Waals surface area contributed by atoms with E-state index in [0.717, 1.165) is 15.8 Å². The first-order valence-corrected chi connectivity index (χ1v) is 7.09. The maximum atomic E-state index is 11.8. The van der Waals surface area contributed by atoms with Crippen molar-refractivity contribution in [2.45, 2.75) is 26.4 Å². The second-order valence-corrected chi connectivity index (χ2v) is 5.36. The van der Waals surface area contributed by atoms with Gasteiger partial charge in [-0.25, -0.2) is 0 Å². The van der Waals surface area contributed by atoms with Gasteiger partial charge in [-0.15, -0.1) is 0 Å². The van der Waals surface area contributed by atoms with Crippen molar-refractivity contribution in [3.63, 3.8) is 0 Å². The maximum Gasteiger partial charge on any atom is 0.237 e. The van der Waals surface area contributed by atoms with Crippen molar-refractivity contribution in [2.24, 2.45) is 0 Å². The first kappa shape index (κ1) is 16.0. The quantitative estimate of drug-likeness (QED) is 0.871. The lowest BCUT2D eigenvalue weighted by molar-refractivity contribution is -0.125. The molecule has 1 N–H and O–H groups in total. The molecule has 0 saturated carbocycles. The average molecular weight is 329 g/mol. The normalized spacial score (nSPS) is 12.3. The second kappa shape index (κ2) is 7.50. The van der Waals surface area contributed by atoms with Crippen LogP contribution in [0.25, 0.3) is 0 Å². The number of carbonyl (C=O) groups excluding carboxylic acids is 1. The summed E-state index contributed by atoms with van der Waals surface area (Å²) in [4.78, 5) is 13.8. The van der Waals surface area contributed by atoms with Gasteiger partial charge in [0.2, 0.25) is 5.91 Å². The molecule has 1 amide bonds. The van der Waals surface area contributed by atoms with Crippen molar-refractivity contribution in [1.82, 2.24) is 10.2 Å². The SMILES string of the molecule is CCNC(=O)[C@@H](C)N(C)Cc1cc(Br)ccc1OC. The molecular weight excluding hydrogens is 308 g/mol. The van der Waals surface area contributed by atoms with Crippen LogP contribution in [0.2, 0.25) is 0 Å². The van der Waals surface area contributed by atoms with E-state index in [0.29, 0.717) is 13.1 Å². The minimum atomic E-state index is -0.177. The Morgan fingerprint density at radius 1 is 1.53 bits per heavy atom. The van der Waals surface area contributed by atoms with Crippen molar-refractivity contribution in [3.8, 4) is 5.75 Å². The number of nitrogens with zero attached hydrogens (tertiary/aromatic N) is 1. The molecule has 0 aliphatic rings. The molecule has 4 nitrogen and oxygen atoms in total. The summed E-state index contributed by atoms with van der Waals surface area (Å²) in [6, 6.07) is 5.70. The van der Waals surface area contributed by atoms with Crippen molar-refractivity contribution in [1.29, 1.82) is 0 Å². The van der Waals surface area contributed by atoms with Crippen LogP contribution in [-0.2, 0) is 11.3 Å². The Morgan fingerprint density at radius 2 is 2.21 bits per heavy atom. The highest BCUT2D eigenvalue weighted by Gasteiger charge is 2.18. The van der Waals surface area contributed by atoms with Gasteiger partial charge in [0.15, 0.2) is 0 Å². The van der Waals surface area contributed by atoms with Gasteiger partial charge in [0.1, 0.15) is 5.75 Å². The van der Waals surface area contributed by atoms with E-state index in [-0.39, 0.29) is 11.9 Å². The van der Waals surface area contributed by atoms with Gasteiger partial charge < -0.3 is 10.1 Å². The monoisotopic (exact) mass is 328 g/mol. The van der Waals surface area contributed by atoms with E-state index in [1.54, 1.807) is 7.11 Å². The maximum absolute atomic E-state index is 11.8. The zero-order valence-corrected chi connectivity index (χ0v) is 13.5. The molecular formula is C14H21BrN2O2. The minimum Gasteiger partial charge on any atom is -0.496 e. The highest BCUT2D eigenvalue weighted by Crippen LogP contribution is 2.24. The Bertz CT molecular complexity index is 437. The number of ether oxygens (including phenoxy) is 1. The van der Waals surface area contributed by atoms with Crippen LogP contribution in [0.15, 0.2) is 22.7 Å². The smallest absolute Gasteiger partial charge is 0.237 e. The molecule has 5 heteroatoms. The molecule has 0 unspecified atom stereocenters. The van der Waals surface area contributed by atoms with Crippen LogP contribution < -0.4 is 10.1 Å². The molecule has 1 aromatic carbocycles. The Balaban J connectivity index is 2.78. The summed E-state index contributed by atoms with van der Waals surface area (Å²) in [7, 11) is 3.58.